The fraction of sp³-hybridized carbons (Fsp3) is 0.897. The topological polar surface area (TPSA) is 65.0 Å². The molecule has 0 spiro atoms. The number of aliphatic hydroxyl groups excluding tert-OH is 1. The van der Waals surface area contributed by atoms with E-state index in [2.05, 4.69) is 23.8 Å². The van der Waals surface area contributed by atoms with Crippen LogP contribution in [-0.4, -0.2) is 50.7 Å². The first kappa shape index (κ1) is 33.1. The number of hydrogen-bond acceptors (Lipinski definition) is 5. The second-order valence-electron chi connectivity index (χ2n) is 9.48. The molecule has 202 valence electrons. The van der Waals surface area contributed by atoms with Crippen molar-refractivity contribution in [3.8, 4) is 0 Å². The van der Waals surface area contributed by atoms with Crippen LogP contribution in [0.1, 0.15) is 129 Å². The van der Waals surface area contributed by atoms with E-state index in [4.69, 9.17) is 9.47 Å². The zero-order valence-electron chi connectivity index (χ0n) is 22.6. The van der Waals surface area contributed by atoms with Gasteiger partial charge in [0.2, 0.25) is 0 Å². The summed E-state index contributed by atoms with van der Waals surface area (Å²) in [5.74, 6) is -0.0943. The lowest BCUT2D eigenvalue weighted by atomic mass is 10.1. The SMILES string of the molecule is CCCCCCCCOCC(O)COCCCCCCCC/C=C\CCCCCCC(=O)OC. The Labute approximate surface area is 211 Å². The molecule has 0 aliphatic carbocycles. The average molecular weight is 485 g/mol. The number of aliphatic hydroxyl groups is 1. The van der Waals surface area contributed by atoms with Gasteiger partial charge in [0.15, 0.2) is 0 Å². The van der Waals surface area contributed by atoms with E-state index in [-0.39, 0.29) is 5.97 Å². The summed E-state index contributed by atoms with van der Waals surface area (Å²) in [6.45, 7) is 4.49. The van der Waals surface area contributed by atoms with Crippen molar-refractivity contribution in [3.05, 3.63) is 12.2 Å². The van der Waals surface area contributed by atoms with Gasteiger partial charge in [0.05, 0.1) is 20.3 Å². The van der Waals surface area contributed by atoms with Gasteiger partial charge in [-0.15, -0.1) is 0 Å². The quantitative estimate of drug-likeness (QED) is 0.0741. The van der Waals surface area contributed by atoms with Crippen molar-refractivity contribution in [2.75, 3.05) is 33.5 Å². The first-order valence-electron chi connectivity index (χ1n) is 14.3. The number of allylic oxidation sites excluding steroid dienone is 2. The Bertz CT molecular complexity index is 438. The van der Waals surface area contributed by atoms with Gasteiger partial charge < -0.3 is 19.3 Å². The highest BCUT2D eigenvalue weighted by atomic mass is 16.5. The van der Waals surface area contributed by atoms with Crippen LogP contribution in [0.4, 0.5) is 0 Å². The molecule has 0 aromatic heterocycles. The van der Waals surface area contributed by atoms with Crippen LogP contribution in [0.2, 0.25) is 0 Å². The molecule has 0 fully saturated rings. The third-order valence-corrected chi connectivity index (χ3v) is 6.07. The van der Waals surface area contributed by atoms with Gasteiger partial charge in [-0.1, -0.05) is 89.7 Å². The maximum atomic E-state index is 11.0. The minimum atomic E-state index is -0.500. The molecule has 0 aliphatic heterocycles. The molecule has 0 amide bonds. The van der Waals surface area contributed by atoms with Gasteiger partial charge in [0.25, 0.3) is 0 Å². The molecule has 1 unspecified atom stereocenters. The van der Waals surface area contributed by atoms with E-state index in [0.717, 1.165) is 45.3 Å². The molecule has 0 bridgehead atoms. The molecule has 0 aromatic carbocycles. The predicted octanol–water partition coefficient (Wildman–Crippen LogP) is 7.54. The standard InChI is InChI=1S/C29H56O5/c1-3-4-5-6-18-21-24-33-26-28(30)27-34-25-22-19-16-14-12-10-8-7-9-11-13-15-17-20-23-29(31)32-2/h7,9,28,30H,3-6,8,10-27H2,1-2H3/b9-7-. The molecule has 0 saturated carbocycles. The zero-order valence-corrected chi connectivity index (χ0v) is 22.6. The summed E-state index contributed by atoms with van der Waals surface area (Å²) in [6, 6.07) is 0. The number of carbonyl (C=O) groups excluding carboxylic acids is 1. The molecule has 1 N–H and O–H groups in total. The first-order valence-corrected chi connectivity index (χ1v) is 14.3. The van der Waals surface area contributed by atoms with Crippen molar-refractivity contribution in [3.63, 3.8) is 0 Å². The van der Waals surface area contributed by atoms with Crippen LogP contribution >= 0.6 is 0 Å². The second-order valence-corrected chi connectivity index (χ2v) is 9.48. The molecular formula is C29H56O5. The van der Waals surface area contributed by atoms with Crippen LogP contribution < -0.4 is 0 Å². The molecule has 0 saturated heterocycles. The number of rotatable bonds is 27. The molecule has 1 atom stereocenters. The van der Waals surface area contributed by atoms with Crippen molar-refractivity contribution in [2.24, 2.45) is 0 Å². The van der Waals surface area contributed by atoms with E-state index in [1.807, 2.05) is 0 Å². The minimum absolute atomic E-state index is 0.0943. The van der Waals surface area contributed by atoms with Crippen LogP contribution in [0, 0.1) is 0 Å². The fourth-order valence-corrected chi connectivity index (χ4v) is 3.87. The highest BCUT2D eigenvalue weighted by molar-refractivity contribution is 5.68. The number of methoxy groups -OCH3 is 1. The molecule has 0 aliphatic rings. The van der Waals surface area contributed by atoms with Crippen LogP contribution in [0.25, 0.3) is 0 Å². The van der Waals surface area contributed by atoms with Crippen LogP contribution in [-0.2, 0) is 19.0 Å². The van der Waals surface area contributed by atoms with Crippen LogP contribution in [0.15, 0.2) is 12.2 Å². The van der Waals surface area contributed by atoms with Crippen LogP contribution in [0.5, 0.6) is 0 Å². The van der Waals surface area contributed by atoms with E-state index in [0.29, 0.717) is 19.6 Å². The molecule has 0 rings (SSSR count). The fourth-order valence-electron chi connectivity index (χ4n) is 3.87. The molecule has 0 aromatic rings. The third-order valence-electron chi connectivity index (χ3n) is 6.07. The van der Waals surface area contributed by atoms with Crippen molar-refractivity contribution >= 4 is 5.97 Å². The van der Waals surface area contributed by atoms with Gasteiger partial charge in [-0.2, -0.15) is 0 Å². The maximum Gasteiger partial charge on any atom is 0.305 e. The molecular weight excluding hydrogens is 428 g/mol. The van der Waals surface area contributed by atoms with Crippen molar-refractivity contribution < 1.29 is 24.1 Å². The van der Waals surface area contributed by atoms with Crippen LogP contribution in [0.3, 0.4) is 0 Å². The third kappa shape index (κ3) is 27.3. The van der Waals surface area contributed by atoms with E-state index in [1.165, 1.54) is 90.6 Å². The monoisotopic (exact) mass is 484 g/mol. The molecule has 0 heterocycles. The number of hydrogen-bond donors (Lipinski definition) is 1. The van der Waals surface area contributed by atoms with Crippen molar-refractivity contribution in [1.29, 1.82) is 0 Å². The Morgan fingerprint density at radius 2 is 1.12 bits per heavy atom. The summed E-state index contributed by atoms with van der Waals surface area (Å²) < 4.78 is 15.8. The number of carbonyl (C=O) groups is 1. The highest BCUT2D eigenvalue weighted by Crippen LogP contribution is 2.10. The van der Waals surface area contributed by atoms with Gasteiger partial charge in [-0.05, 0) is 44.9 Å². The number of ether oxygens (including phenoxy) is 3. The summed E-state index contributed by atoms with van der Waals surface area (Å²) in [6.07, 6.45) is 26.5. The average Bonchev–Trinajstić information content (AvgIpc) is 2.84. The number of unbranched alkanes of at least 4 members (excludes halogenated alkanes) is 15. The van der Waals surface area contributed by atoms with Gasteiger partial charge in [0, 0.05) is 19.6 Å². The van der Waals surface area contributed by atoms with E-state index in [1.54, 1.807) is 0 Å². The van der Waals surface area contributed by atoms with Crippen molar-refractivity contribution in [1.82, 2.24) is 0 Å². The van der Waals surface area contributed by atoms with E-state index >= 15 is 0 Å². The van der Waals surface area contributed by atoms with Gasteiger partial charge in [-0.25, -0.2) is 0 Å². The summed E-state index contributed by atoms with van der Waals surface area (Å²) in [4.78, 5) is 11.0. The predicted molar refractivity (Wildman–Crippen MR) is 142 cm³/mol. The van der Waals surface area contributed by atoms with E-state index in [9.17, 15) is 9.90 Å². The molecule has 34 heavy (non-hydrogen) atoms. The Hall–Kier alpha value is -0.910. The Morgan fingerprint density at radius 3 is 1.62 bits per heavy atom. The Balaban J connectivity index is 3.20. The van der Waals surface area contributed by atoms with E-state index < -0.39 is 6.10 Å². The lowest BCUT2D eigenvalue weighted by molar-refractivity contribution is -0.140. The number of esters is 1. The normalized spacial score (nSPS) is 12.4. The highest BCUT2D eigenvalue weighted by Gasteiger charge is 2.04. The molecule has 5 heteroatoms. The summed E-state index contributed by atoms with van der Waals surface area (Å²) in [5.41, 5.74) is 0. The maximum absolute atomic E-state index is 11.0. The summed E-state index contributed by atoms with van der Waals surface area (Å²) in [7, 11) is 1.45. The Morgan fingerprint density at radius 1 is 0.676 bits per heavy atom. The van der Waals surface area contributed by atoms with Gasteiger partial charge in [0.1, 0.15) is 6.10 Å². The van der Waals surface area contributed by atoms with Crippen molar-refractivity contribution in [2.45, 2.75) is 135 Å². The first-order chi connectivity index (χ1) is 16.7. The lowest BCUT2D eigenvalue weighted by Crippen LogP contribution is -2.22. The second kappa shape index (κ2) is 28.3. The Kier molecular flexibility index (Phi) is 27.6. The molecule has 0 radical (unpaired) electrons. The zero-order chi connectivity index (χ0) is 25.0. The summed E-state index contributed by atoms with van der Waals surface area (Å²) in [5, 5.41) is 9.90. The largest absolute Gasteiger partial charge is 0.469 e. The van der Waals surface area contributed by atoms with Gasteiger partial charge >= 0.3 is 5.97 Å². The summed E-state index contributed by atoms with van der Waals surface area (Å²) >= 11 is 0. The minimum Gasteiger partial charge on any atom is -0.469 e. The smallest absolute Gasteiger partial charge is 0.305 e. The van der Waals surface area contributed by atoms with Gasteiger partial charge in [-0.3, -0.25) is 4.79 Å². The lowest BCUT2D eigenvalue weighted by Gasteiger charge is -2.12. The molecule has 5 nitrogen and oxygen atoms in total.